The number of ether oxygens (including phenoxy) is 1. The van der Waals surface area contributed by atoms with E-state index >= 15 is 0 Å². The van der Waals surface area contributed by atoms with Crippen LogP contribution < -0.4 is 14.4 Å². The molecule has 1 atom stereocenters. The van der Waals surface area contributed by atoms with E-state index in [4.69, 9.17) is 4.74 Å². The second-order valence-corrected chi connectivity index (χ2v) is 11.0. The van der Waals surface area contributed by atoms with E-state index in [0.717, 1.165) is 19.1 Å². The van der Waals surface area contributed by atoms with Gasteiger partial charge in [0.15, 0.2) is 0 Å². The molecule has 38 heavy (non-hydrogen) atoms. The van der Waals surface area contributed by atoms with E-state index in [1.54, 1.807) is 36.4 Å². The maximum absolute atomic E-state index is 13.4. The molecular formula is C28H40FN3O5S. The Morgan fingerprint density at radius 1 is 1.00 bits per heavy atom. The van der Waals surface area contributed by atoms with Crippen LogP contribution >= 0.6 is 0 Å². The van der Waals surface area contributed by atoms with Gasteiger partial charge in [0.25, 0.3) is 0 Å². The van der Waals surface area contributed by atoms with Crippen molar-refractivity contribution in [3.8, 4) is 5.75 Å². The van der Waals surface area contributed by atoms with Crippen molar-refractivity contribution in [1.82, 2.24) is 10.2 Å². The fourth-order valence-electron chi connectivity index (χ4n) is 4.09. The predicted molar refractivity (Wildman–Crippen MR) is 148 cm³/mol. The minimum Gasteiger partial charge on any atom is -0.494 e. The number of hydrogen-bond donors (Lipinski definition) is 1. The standard InChI is InChI=1S/C28H40FN3O5S/c1-5-8-19-30-28(34)26(6-2)31(21-22-11-13-23(29)14-12-22)27(33)10-9-20-32(38(4,35)36)24-15-17-25(18-16-24)37-7-3/h11-18,26H,5-10,19-21H2,1-4H3,(H,30,34)/t26-/m1/s1. The van der Waals surface area contributed by atoms with Crippen molar-refractivity contribution < 1.29 is 27.1 Å². The zero-order chi connectivity index (χ0) is 28.1. The van der Waals surface area contributed by atoms with Gasteiger partial charge in [0.05, 0.1) is 18.6 Å². The third-order valence-electron chi connectivity index (χ3n) is 6.07. The van der Waals surface area contributed by atoms with Gasteiger partial charge in [-0.1, -0.05) is 32.4 Å². The number of sulfonamides is 1. The third kappa shape index (κ3) is 9.63. The molecule has 0 fully saturated rings. The number of benzene rings is 2. The molecule has 10 heteroatoms. The highest BCUT2D eigenvalue weighted by Crippen LogP contribution is 2.23. The van der Waals surface area contributed by atoms with Crippen molar-refractivity contribution in [2.24, 2.45) is 0 Å². The molecule has 2 aromatic carbocycles. The highest BCUT2D eigenvalue weighted by atomic mass is 32.2. The van der Waals surface area contributed by atoms with Crippen LogP contribution in [0, 0.1) is 5.82 Å². The molecule has 0 aromatic heterocycles. The van der Waals surface area contributed by atoms with Crippen LogP contribution in [0.5, 0.6) is 5.75 Å². The van der Waals surface area contributed by atoms with Crippen LogP contribution in [0.15, 0.2) is 48.5 Å². The van der Waals surface area contributed by atoms with Crippen LogP contribution in [0.4, 0.5) is 10.1 Å². The Morgan fingerprint density at radius 2 is 1.66 bits per heavy atom. The van der Waals surface area contributed by atoms with Crippen LogP contribution in [-0.2, 0) is 26.2 Å². The molecule has 210 valence electrons. The quantitative estimate of drug-likeness (QED) is 0.311. The van der Waals surface area contributed by atoms with Gasteiger partial charge in [-0.2, -0.15) is 0 Å². The van der Waals surface area contributed by atoms with Crippen molar-refractivity contribution in [2.75, 3.05) is 30.3 Å². The molecule has 0 aliphatic heterocycles. The number of amides is 2. The highest BCUT2D eigenvalue weighted by Gasteiger charge is 2.28. The summed E-state index contributed by atoms with van der Waals surface area (Å²) in [6.45, 7) is 7.01. The number of hydrogen-bond acceptors (Lipinski definition) is 5. The molecule has 8 nitrogen and oxygen atoms in total. The smallest absolute Gasteiger partial charge is 0.242 e. The second kappa shape index (κ2) is 15.3. The monoisotopic (exact) mass is 549 g/mol. The summed E-state index contributed by atoms with van der Waals surface area (Å²) in [7, 11) is -3.59. The largest absolute Gasteiger partial charge is 0.494 e. The molecule has 0 saturated carbocycles. The van der Waals surface area contributed by atoms with E-state index in [2.05, 4.69) is 5.32 Å². The topological polar surface area (TPSA) is 96.0 Å². The first kappa shape index (κ1) is 31.1. The average Bonchev–Trinajstić information content (AvgIpc) is 2.88. The van der Waals surface area contributed by atoms with E-state index in [-0.39, 0.29) is 43.6 Å². The molecule has 0 saturated heterocycles. The number of carbonyl (C=O) groups excluding carboxylic acids is 2. The van der Waals surface area contributed by atoms with Crippen LogP contribution in [0.1, 0.15) is 58.4 Å². The molecule has 0 spiro atoms. The Morgan fingerprint density at radius 3 is 2.21 bits per heavy atom. The van der Waals surface area contributed by atoms with Crippen LogP contribution in [-0.4, -0.2) is 57.1 Å². The molecule has 2 rings (SSSR count). The van der Waals surface area contributed by atoms with Gasteiger partial charge in [0.2, 0.25) is 21.8 Å². The third-order valence-corrected chi connectivity index (χ3v) is 7.26. The molecule has 0 heterocycles. The van der Waals surface area contributed by atoms with E-state index in [9.17, 15) is 22.4 Å². The van der Waals surface area contributed by atoms with E-state index in [1.165, 1.54) is 21.3 Å². The summed E-state index contributed by atoms with van der Waals surface area (Å²) in [5, 5.41) is 2.90. The molecular weight excluding hydrogens is 509 g/mol. The lowest BCUT2D eigenvalue weighted by molar-refractivity contribution is -0.141. The van der Waals surface area contributed by atoms with E-state index < -0.39 is 16.1 Å². The minimum absolute atomic E-state index is 0.0446. The number of halogens is 1. The summed E-state index contributed by atoms with van der Waals surface area (Å²) in [4.78, 5) is 27.9. The maximum Gasteiger partial charge on any atom is 0.242 e. The highest BCUT2D eigenvalue weighted by molar-refractivity contribution is 7.92. The summed E-state index contributed by atoms with van der Waals surface area (Å²) in [5.74, 6) is -0.249. The molecule has 1 N–H and O–H groups in total. The fraction of sp³-hybridized carbons (Fsp3) is 0.500. The minimum atomic E-state index is -3.59. The molecule has 0 aliphatic rings. The van der Waals surface area contributed by atoms with Gasteiger partial charge in [-0.15, -0.1) is 0 Å². The van der Waals surface area contributed by atoms with E-state index in [0.29, 0.717) is 36.6 Å². The Hall–Kier alpha value is -3.14. The second-order valence-electron chi connectivity index (χ2n) is 9.08. The normalized spacial score (nSPS) is 12.0. The summed E-state index contributed by atoms with van der Waals surface area (Å²) >= 11 is 0. The van der Waals surface area contributed by atoms with Crippen molar-refractivity contribution in [1.29, 1.82) is 0 Å². The predicted octanol–water partition coefficient (Wildman–Crippen LogP) is 4.49. The number of nitrogens with one attached hydrogen (secondary N) is 1. The lowest BCUT2D eigenvalue weighted by atomic mass is 10.1. The van der Waals surface area contributed by atoms with Crippen LogP contribution in [0.2, 0.25) is 0 Å². The van der Waals surface area contributed by atoms with Gasteiger partial charge in [-0.3, -0.25) is 13.9 Å². The Bertz CT molecular complexity index is 1120. The SMILES string of the molecule is CCCCNC(=O)[C@@H](CC)N(Cc1ccc(F)cc1)C(=O)CCCN(c1ccc(OCC)cc1)S(C)(=O)=O. The molecule has 0 aliphatic carbocycles. The maximum atomic E-state index is 13.4. The number of unbranched alkanes of at least 4 members (excludes halogenated alkanes) is 1. The van der Waals surface area contributed by atoms with Crippen LogP contribution in [0.25, 0.3) is 0 Å². The summed E-state index contributed by atoms with van der Waals surface area (Å²) < 4.78 is 45.1. The van der Waals surface area contributed by atoms with Crippen molar-refractivity contribution in [3.05, 3.63) is 59.9 Å². The Kier molecular flexibility index (Phi) is 12.5. The molecule has 0 radical (unpaired) electrons. The Labute approximate surface area is 226 Å². The first-order valence-corrected chi connectivity index (χ1v) is 15.0. The lowest BCUT2D eigenvalue weighted by Crippen LogP contribution is -2.49. The summed E-state index contributed by atoms with van der Waals surface area (Å²) in [6.07, 6.45) is 3.60. The van der Waals surface area contributed by atoms with Gasteiger partial charge in [-0.05, 0) is 68.1 Å². The van der Waals surface area contributed by atoms with Crippen molar-refractivity contribution in [2.45, 2.75) is 65.5 Å². The number of rotatable bonds is 16. The zero-order valence-corrected chi connectivity index (χ0v) is 23.6. The Balaban J connectivity index is 2.17. The number of carbonyl (C=O) groups is 2. The lowest BCUT2D eigenvalue weighted by Gasteiger charge is -2.31. The van der Waals surface area contributed by atoms with Gasteiger partial charge in [0, 0.05) is 26.1 Å². The van der Waals surface area contributed by atoms with Crippen molar-refractivity contribution >= 4 is 27.5 Å². The van der Waals surface area contributed by atoms with Crippen LogP contribution in [0.3, 0.4) is 0 Å². The zero-order valence-electron chi connectivity index (χ0n) is 22.8. The van der Waals surface area contributed by atoms with Gasteiger partial charge in [-0.25, -0.2) is 12.8 Å². The first-order valence-electron chi connectivity index (χ1n) is 13.1. The first-order chi connectivity index (χ1) is 18.1. The average molecular weight is 550 g/mol. The molecule has 2 amide bonds. The molecule has 2 aromatic rings. The van der Waals surface area contributed by atoms with Gasteiger partial charge < -0.3 is 15.0 Å². The van der Waals surface area contributed by atoms with Crippen molar-refractivity contribution in [3.63, 3.8) is 0 Å². The summed E-state index contributed by atoms with van der Waals surface area (Å²) in [5.41, 5.74) is 1.18. The summed E-state index contributed by atoms with van der Waals surface area (Å²) in [6, 6.07) is 11.9. The fourth-order valence-corrected chi connectivity index (χ4v) is 5.06. The van der Waals surface area contributed by atoms with Gasteiger partial charge >= 0.3 is 0 Å². The molecule has 0 bridgehead atoms. The number of anilines is 1. The number of nitrogens with zero attached hydrogens (tertiary/aromatic N) is 2. The van der Waals surface area contributed by atoms with Gasteiger partial charge in [0.1, 0.15) is 17.6 Å². The van der Waals surface area contributed by atoms with E-state index in [1.807, 2.05) is 20.8 Å². The molecule has 0 unspecified atom stereocenters.